The molecule has 2 nitrogen and oxygen atoms in total. The molecule has 0 saturated heterocycles. The molecule has 5 rings (SSSR count). The third-order valence-electron chi connectivity index (χ3n) is 4.90. The van der Waals surface area contributed by atoms with Crippen molar-refractivity contribution in [2.75, 3.05) is 12.4 Å². The lowest BCUT2D eigenvalue weighted by molar-refractivity contribution is 0.417. The van der Waals surface area contributed by atoms with Gasteiger partial charge in [0.05, 0.1) is 12.8 Å². The average molecular weight is 323 g/mol. The van der Waals surface area contributed by atoms with Gasteiger partial charge in [0.1, 0.15) is 5.75 Å². The van der Waals surface area contributed by atoms with Crippen LogP contribution in [0.3, 0.4) is 0 Å². The van der Waals surface area contributed by atoms with E-state index in [-0.39, 0.29) is 0 Å². The van der Waals surface area contributed by atoms with E-state index in [1.165, 1.54) is 32.3 Å². The van der Waals surface area contributed by atoms with Crippen LogP contribution in [0.2, 0.25) is 0 Å². The molecule has 0 fully saturated rings. The largest absolute Gasteiger partial charge is 0.495 e. The second-order valence-electron chi connectivity index (χ2n) is 6.29. The van der Waals surface area contributed by atoms with Gasteiger partial charge in [0.15, 0.2) is 0 Å². The van der Waals surface area contributed by atoms with Crippen molar-refractivity contribution in [3.8, 4) is 5.75 Å². The first-order valence-electron chi connectivity index (χ1n) is 8.42. The molecule has 0 aliphatic heterocycles. The molecule has 25 heavy (non-hydrogen) atoms. The first kappa shape index (κ1) is 14.1. The standard InChI is InChI=1S/C23H17NO/c1-25-21-8-3-2-7-20(21)24-19-14-12-17-10-9-15-5-4-6-16-11-13-18(19)23(17)22(15)16/h2-14,24H,1H3. The highest BCUT2D eigenvalue weighted by Crippen LogP contribution is 2.39. The molecular weight excluding hydrogens is 306 g/mol. The highest BCUT2D eigenvalue weighted by atomic mass is 16.5. The highest BCUT2D eigenvalue weighted by Gasteiger charge is 2.11. The number of nitrogens with one attached hydrogen (secondary N) is 1. The van der Waals surface area contributed by atoms with E-state index in [0.717, 1.165) is 17.1 Å². The highest BCUT2D eigenvalue weighted by molar-refractivity contribution is 6.25. The van der Waals surface area contributed by atoms with E-state index in [4.69, 9.17) is 4.74 Å². The van der Waals surface area contributed by atoms with Crippen LogP contribution in [-0.2, 0) is 0 Å². The minimum absolute atomic E-state index is 0.841. The average Bonchev–Trinajstić information content (AvgIpc) is 2.67. The molecule has 120 valence electrons. The number of ether oxygens (including phenoxy) is 1. The normalized spacial score (nSPS) is 11.4. The fourth-order valence-corrected chi connectivity index (χ4v) is 3.74. The van der Waals surface area contributed by atoms with E-state index in [2.05, 4.69) is 59.9 Å². The minimum atomic E-state index is 0.841. The van der Waals surface area contributed by atoms with Crippen LogP contribution in [0.1, 0.15) is 0 Å². The maximum absolute atomic E-state index is 5.48. The summed E-state index contributed by atoms with van der Waals surface area (Å²) in [5, 5.41) is 11.3. The van der Waals surface area contributed by atoms with Gasteiger partial charge in [-0.15, -0.1) is 0 Å². The van der Waals surface area contributed by atoms with Crippen molar-refractivity contribution in [1.82, 2.24) is 0 Å². The summed E-state index contributed by atoms with van der Waals surface area (Å²) in [7, 11) is 1.70. The Kier molecular flexibility index (Phi) is 3.04. The van der Waals surface area contributed by atoms with E-state index in [1.54, 1.807) is 7.11 Å². The molecule has 0 amide bonds. The van der Waals surface area contributed by atoms with Crippen LogP contribution in [0.15, 0.2) is 78.9 Å². The monoisotopic (exact) mass is 323 g/mol. The number of para-hydroxylation sites is 2. The quantitative estimate of drug-likeness (QED) is 0.391. The van der Waals surface area contributed by atoms with Gasteiger partial charge in [-0.2, -0.15) is 0 Å². The van der Waals surface area contributed by atoms with Gasteiger partial charge < -0.3 is 10.1 Å². The first-order valence-corrected chi connectivity index (χ1v) is 8.42. The number of hydrogen-bond donors (Lipinski definition) is 1. The lowest BCUT2D eigenvalue weighted by atomic mass is 9.93. The topological polar surface area (TPSA) is 21.3 Å². The molecule has 2 heteroatoms. The second-order valence-corrected chi connectivity index (χ2v) is 6.29. The summed E-state index contributed by atoms with van der Waals surface area (Å²) in [4.78, 5) is 0. The Morgan fingerprint density at radius 2 is 1.28 bits per heavy atom. The molecule has 0 radical (unpaired) electrons. The van der Waals surface area contributed by atoms with Crippen LogP contribution < -0.4 is 10.1 Å². The molecule has 0 unspecified atom stereocenters. The minimum Gasteiger partial charge on any atom is -0.495 e. The van der Waals surface area contributed by atoms with Crippen molar-refractivity contribution in [3.05, 3.63) is 78.9 Å². The van der Waals surface area contributed by atoms with Gasteiger partial charge in [-0.05, 0) is 45.1 Å². The van der Waals surface area contributed by atoms with E-state index >= 15 is 0 Å². The predicted molar refractivity (Wildman–Crippen MR) is 106 cm³/mol. The van der Waals surface area contributed by atoms with Crippen molar-refractivity contribution in [1.29, 1.82) is 0 Å². The van der Waals surface area contributed by atoms with Gasteiger partial charge in [-0.1, -0.05) is 60.7 Å². The van der Waals surface area contributed by atoms with Crippen molar-refractivity contribution in [2.45, 2.75) is 0 Å². The number of hydrogen-bond acceptors (Lipinski definition) is 2. The van der Waals surface area contributed by atoms with Crippen molar-refractivity contribution in [2.24, 2.45) is 0 Å². The number of rotatable bonds is 3. The Labute approximate surface area is 146 Å². The molecule has 0 saturated carbocycles. The van der Waals surface area contributed by atoms with Crippen LogP contribution in [0, 0.1) is 0 Å². The Morgan fingerprint density at radius 3 is 2.08 bits per heavy atom. The maximum Gasteiger partial charge on any atom is 0.142 e. The Balaban J connectivity index is 1.79. The van der Waals surface area contributed by atoms with Crippen molar-refractivity contribution < 1.29 is 4.74 Å². The summed E-state index contributed by atoms with van der Waals surface area (Å²) in [6, 6.07) is 27.6. The Bertz CT molecular complexity index is 1190. The summed E-state index contributed by atoms with van der Waals surface area (Å²) < 4.78 is 5.48. The summed E-state index contributed by atoms with van der Waals surface area (Å²) in [5.74, 6) is 0.841. The van der Waals surface area contributed by atoms with Gasteiger partial charge in [0.2, 0.25) is 0 Å². The molecule has 0 aliphatic rings. The van der Waals surface area contributed by atoms with Crippen molar-refractivity contribution >= 4 is 43.7 Å². The lowest BCUT2D eigenvalue weighted by Crippen LogP contribution is -1.95. The van der Waals surface area contributed by atoms with Crippen LogP contribution in [0.4, 0.5) is 11.4 Å². The van der Waals surface area contributed by atoms with E-state index in [0.29, 0.717) is 0 Å². The second kappa shape index (κ2) is 5.38. The predicted octanol–water partition coefficient (Wildman–Crippen LogP) is 6.34. The van der Waals surface area contributed by atoms with Crippen molar-refractivity contribution in [3.63, 3.8) is 0 Å². The Morgan fingerprint density at radius 1 is 0.600 bits per heavy atom. The van der Waals surface area contributed by atoms with Crippen LogP contribution in [0.25, 0.3) is 32.3 Å². The molecule has 0 spiro atoms. The lowest BCUT2D eigenvalue weighted by Gasteiger charge is -2.16. The van der Waals surface area contributed by atoms with E-state index in [9.17, 15) is 0 Å². The smallest absolute Gasteiger partial charge is 0.142 e. The molecule has 0 aromatic heterocycles. The summed E-state index contributed by atoms with van der Waals surface area (Å²) in [5.41, 5.74) is 2.07. The van der Waals surface area contributed by atoms with E-state index in [1.807, 2.05) is 24.3 Å². The zero-order chi connectivity index (χ0) is 16.8. The summed E-state index contributed by atoms with van der Waals surface area (Å²) in [6.45, 7) is 0. The maximum atomic E-state index is 5.48. The molecule has 1 N–H and O–H groups in total. The van der Waals surface area contributed by atoms with Crippen LogP contribution in [0.5, 0.6) is 5.75 Å². The zero-order valence-corrected chi connectivity index (χ0v) is 13.9. The third kappa shape index (κ3) is 2.11. The molecular formula is C23H17NO. The van der Waals surface area contributed by atoms with E-state index < -0.39 is 0 Å². The van der Waals surface area contributed by atoms with Gasteiger partial charge in [0, 0.05) is 11.1 Å². The van der Waals surface area contributed by atoms with Gasteiger partial charge >= 0.3 is 0 Å². The fraction of sp³-hybridized carbons (Fsp3) is 0.0435. The van der Waals surface area contributed by atoms with Gasteiger partial charge in [-0.3, -0.25) is 0 Å². The SMILES string of the molecule is COc1ccccc1Nc1ccc2ccc3cccc4ccc1c2c34. The number of anilines is 2. The molecule has 5 aromatic rings. The van der Waals surface area contributed by atoms with Crippen LogP contribution in [-0.4, -0.2) is 7.11 Å². The zero-order valence-electron chi connectivity index (χ0n) is 13.9. The molecule has 0 heterocycles. The summed E-state index contributed by atoms with van der Waals surface area (Å²) >= 11 is 0. The van der Waals surface area contributed by atoms with Gasteiger partial charge in [-0.25, -0.2) is 0 Å². The summed E-state index contributed by atoms with van der Waals surface area (Å²) in [6.07, 6.45) is 0. The molecule has 0 atom stereocenters. The molecule has 5 aromatic carbocycles. The fourth-order valence-electron chi connectivity index (χ4n) is 3.74. The number of benzene rings is 5. The first-order chi connectivity index (χ1) is 12.3. The Hall–Kier alpha value is -3.26. The van der Waals surface area contributed by atoms with Gasteiger partial charge in [0.25, 0.3) is 0 Å². The molecule has 0 bridgehead atoms. The van der Waals surface area contributed by atoms with Crippen LogP contribution >= 0.6 is 0 Å². The number of methoxy groups -OCH3 is 1. The third-order valence-corrected chi connectivity index (χ3v) is 4.90. The molecule has 0 aliphatic carbocycles.